The molecule has 0 spiro atoms. The molecule has 2 aromatic heterocycles. The number of carbonyl (C=O) groups excluding carboxylic acids is 1. The van der Waals surface area contributed by atoms with Crippen LogP contribution in [0, 0.1) is 5.92 Å². The van der Waals surface area contributed by atoms with Crippen molar-refractivity contribution in [1.29, 1.82) is 0 Å². The van der Waals surface area contributed by atoms with Crippen molar-refractivity contribution >= 4 is 17.6 Å². The number of rotatable bonds is 6. The Bertz CT molecular complexity index is 1170. The highest BCUT2D eigenvalue weighted by atomic mass is 16.2. The van der Waals surface area contributed by atoms with Crippen LogP contribution in [-0.2, 0) is 4.79 Å². The van der Waals surface area contributed by atoms with Crippen molar-refractivity contribution < 1.29 is 4.79 Å². The Balaban J connectivity index is 1.11. The van der Waals surface area contributed by atoms with E-state index in [0.717, 1.165) is 49.8 Å². The summed E-state index contributed by atoms with van der Waals surface area (Å²) in [7, 11) is 0. The van der Waals surface area contributed by atoms with Gasteiger partial charge in [-0.2, -0.15) is 9.50 Å². The van der Waals surface area contributed by atoms with Gasteiger partial charge in [-0.15, -0.1) is 5.10 Å². The van der Waals surface area contributed by atoms with Gasteiger partial charge in [-0.25, -0.2) is 4.98 Å². The zero-order valence-electron chi connectivity index (χ0n) is 21.3. The van der Waals surface area contributed by atoms with Gasteiger partial charge < -0.3 is 9.80 Å². The van der Waals surface area contributed by atoms with Crippen LogP contribution in [-0.4, -0.2) is 56.6 Å². The van der Waals surface area contributed by atoms with Gasteiger partial charge in [-0.1, -0.05) is 69.2 Å². The Morgan fingerprint density at radius 1 is 0.861 bits per heavy atom. The summed E-state index contributed by atoms with van der Waals surface area (Å²) in [5.41, 5.74) is 3.60. The third kappa shape index (κ3) is 4.97. The first-order chi connectivity index (χ1) is 17.7. The Morgan fingerprint density at radius 2 is 1.58 bits per heavy atom. The summed E-state index contributed by atoms with van der Waals surface area (Å²) in [6.45, 7) is 3.00. The highest BCUT2D eigenvalue weighted by Crippen LogP contribution is 2.34. The molecule has 2 aliphatic carbocycles. The maximum Gasteiger partial charge on any atom is 0.254 e. The molecule has 1 aliphatic heterocycles. The Hall–Kier alpha value is -2.96. The second kappa shape index (κ2) is 10.6. The molecule has 36 heavy (non-hydrogen) atoms. The third-order valence-electron chi connectivity index (χ3n) is 8.67. The molecular formula is C29H38N6O. The number of hydrogen-bond acceptors (Lipinski definition) is 5. The van der Waals surface area contributed by atoms with E-state index in [2.05, 4.69) is 34.1 Å². The summed E-state index contributed by atoms with van der Waals surface area (Å²) < 4.78 is 1.87. The summed E-state index contributed by atoms with van der Waals surface area (Å²) in [4.78, 5) is 26.2. The van der Waals surface area contributed by atoms with E-state index in [4.69, 9.17) is 10.1 Å². The molecular weight excluding hydrogens is 448 g/mol. The van der Waals surface area contributed by atoms with Crippen molar-refractivity contribution in [3.8, 4) is 11.3 Å². The molecule has 0 N–H and O–H groups in total. The number of carbonyl (C=O) groups is 1. The first-order valence-electron chi connectivity index (χ1n) is 14.1. The number of benzene rings is 1. The number of hydrogen-bond donors (Lipinski definition) is 0. The fraction of sp³-hybridized carbons (Fsp3) is 0.586. The highest BCUT2D eigenvalue weighted by molar-refractivity contribution is 5.76. The van der Waals surface area contributed by atoms with Crippen LogP contribution in [0.2, 0.25) is 0 Å². The van der Waals surface area contributed by atoms with E-state index in [1.54, 1.807) is 0 Å². The van der Waals surface area contributed by atoms with Crippen molar-refractivity contribution in [2.45, 2.75) is 76.5 Å². The molecule has 2 saturated carbocycles. The summed E-state index contributed by atoms with van der Waals surface area (Å²) in [5.74, 6) is 3.10. The normalized spacial score (nSPS) is 19.9. The average Bonchev–Trinajstić information content (AvgIpc) is 3.62. The number of aromatic nitrogens is 4. The SMILES string of the molecule is O=C(CCC1CCCC1)N1CCN(c2nc3nccc(-c4ccc(C5CCCCC5)cc4)n3n2)CC1. The van der Waals surface area contributed by atoms with Gasteiger partial charge in [0.25, 0.3) is 5.78 Å². The van der Waals surface area contributed by atoms with Crippen LogP contribution in [0.1, 0.15) is 82.1 Å². The van der Waals surface area contributed by atoms with Crippen LogP contribution in [0.15, 0.2) is 36.5 Å². The fourth-order valence-electron chi connectivity index (χ4n) is 6.44. The summed E-state index contributed by atoms with van der Waals surface area (Å²) in [5, 5.41) is 4.85. The summed E-state index contributed by atoms with van der Waals surface area (Å²) >= 11 is 0. The lowest BCUT2D eigenvalue weighted by atomic mass is 9.84. The maximum absolute atomic E-state index is 12.7. The second-order valence-electron chi connectivity index (χ2n) is 11.0. The first kappa shape index (κ1) is 23.4. The molecule has 0 atom stereocenters. The molecule has 6 rings (SSSR count). The van der Waals surface area contributed by atoms with Crippen molar-refractivity contribution in [3.05, 3.63) is 42.1 Å². The minimum atomic E-state index is 0.310. The number of amides is 1. The molecule has 3 heterocycles. The minimum absolute atomic E-state index is 0.310. The van der Waals surface area contributed by atoms with E-state index < -0.39 is 0 Å². The first-order valence-corrected chi connectivity index (χ1v) is 14.1. The lowest BCUT2D eigenvalue weighted by Crippen LogP contribution is -2.49. The number of piperazine rings is 1. The lowest BCUT2D eigenvalue weighted by Gasteiger charge is -2.34. The average molecular weight is 487 g/mol. The molecule has 0 unspecified atom stereocenters. The van der Waals surface area contributed by atoms with Crippen molar-refractivity contribution in [2.24, 2.45) is 5.92 Å². The predicted octanol–water partition coefficient (Wildman–Crippen LogP) is 5.46. The standard InChI is InChI=1S/C29H38N6O/c36-27(15-10-22-6-4-5-7-22)33-18-20-34(21-19-33)29-31-28-30-17-16-26(35(28)32-29)25-13-11-24(12-14-25)23-8-2-1-3-9-23/h11-14,16-17,22-23H,1-10,15,18-21H2. The molecule has 190 valence electrons. The Morgan fingerprint density at radius 3 is 2.33 bits per heavy atom. The van der Waals surface area contributed by atoms with Crippen LogP contribution in [0.3, 0.4) is 0 Å². The van der Waals surface area contributed by atoms with E-state index in [0.29, 0.717) is 30.0 Å². The Labute approximate surface area is 213 Å². The number of anilines is 1. The molecule has 1 saturated heterocycles. The Kier molecular flexibility index (Phi) is 6.88. The minimum Gasteiger partial charge on any atom is -0.339 e. The van der Waals surface area contributed by atoms with Crippen LogP contribution in [0.25, 0.3) is 17.0 Å². The van der Waals surface area contributed by atoms with Crippen LogP contribution in [0.4, 0.5) is 5.95 Å². The van der Waals surface area contributed by atoms with Gasteiger partial charge in [0.05, 0.1) is 5.69 Å². The molecule has 1 amide bonds. The molecule has 0 bridgehead atoms. The van der Waals surface area contributed by atoms with Gasteiger partial charge in [0.2, 0.25) is 11.9 Å². The predicted molar refractivity (Wildman–Crippen MR) is 142 cm³/mol. The van der Waals surface area contributed by atoms with E-state index in [-0.39, 0.29) is 0 Å². The quantitative estimate of drug-likeness (QED) is 0.463. The molecule has 1 aromatic carbocycles. The van der Waals surface area contributed by atoms with Gasteiger partial charge >= 0.3 is 0 Å². The van der Waals surface area contributed by atoms with Crippen LogP contribution < -0.4 is 4.90 Å². The van der Waals surface area contributed by atoms with Crippen molar-refractivity contribution in [3.63, 3.8) is 0 Å². The van der Waals surface area contributed by atoms with Gasteiger partial charge in [0.1, 0.15) is 0 Å². The molecule has 3 aliphatic rings. The van der Waals surface area contributed by atoms with Crippen molar-refractivity contribution in [1.82, 2.24) is 24.5 Å². The third-order valence-corrected chi connectivity index (χ3v) is 8.67. The zero-order valence-corrected chi connectivity index (χ0v) is 21.3. The van der Waals surface area contributed by atoms with E-state index in [1.807, 2.05) is 21.7 Å². The van der Waals surface area contributed by atoms with Gasteiger partial charge in [-0.3, -0.25) is 4.79 Å². The molecule has 0 radical (unpaired) electrons. The summed E-state index contributed by atoms with van der Waals surface area (Å²) in [6, 6.07) is 11.0. The summed E-state index contributed by atoms with van der Waals surface area (Å²) in [6.07, 6.45) is 15.6. The largest absolute Gasteiger partial charge is 0.339 e. The fourth-order valence-corrected chi connectivity index (χ4v) is 6.44. The smallest absolute Gasteiger partial charge is 0.254 e. The second-order valence-corrected chi connectivity index (χ2v) is 11.0. The molecule has 7 nitrogen and oxygen atoms in total. The topological polar surface area (TPSA) is 66.6 Å². The van der Waals surface area contributed by atoms with Crippen molar-refractivity contribution in [2.75, 3.05) is 31.1 Å². The van der Waals surface area contributed by atoms with Gasteiger partial charge in [0, 0.05) is 44.4 Å². The lowest BCUT2D eigenvalue weighted by molar-refractivity contribution is -0.131. The highest BCUT2D eigenvalue weighted by Gasteiger charge is 2.25. The monoisotopic (exact) mass is 486 g/mol. The van der Waals surface area contributed by atoms with E-state index in [1.165, 1.54) is 63.4 Å². The zero-order chi connectivity index (χ0) is 24.3. The maximum atomic E-state index is 12.7. The van der Waals surface area contributed by atoms with Crippen LogP contribution >= 0.6 is 0 Å². The van der Waals surface area contributed by atoms with Gasteiger partial charge in [-0.05, 0) is 42.7 Å². The van der Waals surface area contributed by atoms with Gasteiger partial charge in [0.15, 0.2) is 0 Å². The molecule has 3 fully saturated rings. The van der Waals surface area contributed by atoms with E-state index in [9.17, 15) is 4.79 Å². The molecule has 7 heteroatoms. The number of nitrogens with zero attached hydrogens (tertiary/aromatic N) is 6. The van der Waals surface area contributed by atoms with Crippen LogP contribution in [0.5, 0.6) is 0 Å². The number of fused-ring (bicyclic) bond motifs is 1. The molecule has 3 aromatic rings. The van der Waals surface area contributed by atoms with E-state index >= 15 is 0 Å².